The Hall–Kier alpha value is -2.02. The zero-order valence-corrected chi connectivity index (χ0v) is 15.7. The van der Waals surface area contributed by atoms with E-state index in [4.69, 9.17) is 0 Å². The van der Waals surface area contributed by atoms with E-state index in [9.17, 15) is 4.39 Å². The van der Waals surface area contributed by atoms with Crippen LogP contribution >= 0.6 is 11.8 Å². The van der Waals surface area contributed by atoms with Gasteiger partial charge in [-0.05, 0) is 55.3 Å². The number of benzene rings is 1. The van der Waals surface area contributed by atoms with Gasteiger partial charge in [0.1, 0.15) is 5.82 Å². The van der Waals surface area contributed by atoms with Gasteiger partial charge in [-0.25, -0.2) is 4.39 Å². The monoisotopic (exact) mass is 363 g/mol. The zero-order chi connectivity index (χ0) is 17.9. The van der Waals surface area contributed by atoms with Gasteiger partial charge in [0.2, 0.25) is 0 Å². The second-order valence-electron chi connectivity index (χ2n) is 5.62. The number of guanidine groups is 1. The van der Waals surface area contributed by atoms with Gasteiger partial charge in [0.05, 0.1) is 6.20 Å². The van der Waals surface area contributed by atoms with Crippen molar-refractivity contribution in [2.45, 2.75) is 24.7 Å². The van der Waals surface area contributed by atoms with E-state index < -0.39 is 0 Å². The molecule has 2 rings (SSSR count). The predicted molar refractivity (Wildman–Crippen MR) is 103 cm³/mol. The number of aromatic nitrogens is 2. The van der Waals surface area contributed by atoms with Crippen molar-refractivity contribution in [3.63, 3.8) is 0 Å². The van der Waals surface area contributed by atoms with E-state index in [-0.39, 0.29) is 5.82 Å². The average molecular weight is 364 g/mol. The number of nitrogens with zero attached hydrogens (tertiary/aromatic N) is 3. The van der Waals surface area contributed by atoms with Gasteiger partial charge >= 0.3 is 0 Å². The molecule has 0 fully saturated rings. The van der Waals surface area contributed by atoms with Crippen LogP contribution < -0.4 is 10.6 Å². The summed E-state index contributed by atoms with van der Waals surface area (Å²) < 4.78 is 14.7. The van der Waals surface area contributed by atoms with Crippen molar-refractivity contribution in [1.29, 1.82) is 0 Å². The third-order valence-electron chi connectivity index (χ3n) is 3.46. The smallest absolute Gasteiger partial charge is 0.191 e. The highest BCUT2D eigenvalue weighted by molar-refractivity contribution is 7.99. The molecular formula is C18H26FN5S. The standard InChI is InChI=1S/C18H26FN5S/c1-3-20-18(22-11-9-15-13-23-24(2)14-15)21-10-4-12-25-17-7-5-16(19)6-8-17/h5-8,13-14H,3-4,9-12H2,1-2H3,(H2,20,21,22). The second kappa shape index (κ2) is 10.8. The van der Waals surface area contributed by atoms with E-state index >= 15 is 0 Å². The molecule has 7 heteroatoms. The zero-order valence-electron chi connectivity index (χ0n) is 14.8. The first-order chi connectivity index (χ1) is 12.2. The van der Waals surface area contributed by atoms with E-state index in [2.05, 4.69) is 27.6 Å². The highest BCUT2D eigenvalue weighted by atomic mass is 32.2. The normalized spacial score (nSPS) is 11.6. The number of halogens is 1. The molecule has 0 unspecified atom stereocenters. The molecule has 0 aliphatic rings. The molecule has 0 amide bonds. The van der Waals surface area contributed by atoms with Gasteiger partial charge in [-0.15, -0.1) is 11.8 Å². The summed E-state index contributed by atoms with van der Waals surface area (Å²) in [6.45, 7) is 4.48. The highest BCUT2D eigenvalue weighted by Crippen LogP contribution is 2.18. The molecule has 0 bridgehead atoms. The van der Waals surface area contributed by atoms with Gasteiger partial charge in [-0.3, -0.25) is 9.67 Å². The van der Waals surface area contributed by atoms with E-state index in [1.165, 1.54) is 17.7 Å². The van der Waals surface area contributed by atoms with Crippen LogP contribution in [0.5, 0.6) is 0 Å². The lowest BCUT2D eigenvalue weighted by Crippen LogP contribution is -2.38. The molecule has 25 heavy (non-hydrogen) atoms. The minimum atomic E-state index is -0.193. The van der Waals surface area contributed by atoms with Crippen LogP contribution in [0.25, 0.3) is 0 Å². The summed E-state index contributed by atoms with van der Waals surface area (Å²) in [7, 11) is 1.92. The molecule has 1 aromatic carbocycles. The van der Waals surface area contributed by atoms with Gasteiger partial charge in [-0.2, -0.15) is 5.10 Å². The molecule has 0 saturated carbocycles. The summed E-state index contributed by atoms with van der Waals surface area (Å²) in [6, 6.07) is 6.62. The maximum atomic E-state index is 12.9. The lowest BCUT2D eigenvalue weighted by Gasteiger charge is -2.10. The van der Waals surface area contributed by atoms with Gasteiger partial charge in [0, 0.05) is 37.8 Å². The minimum Gasteiger partial charge on any atom is -0.357 e. The summed E-state index contributed by atoms with van der Waals surface area (Å²) in [5, 5.41) is 10.8. The number of aliphatic imine (C=N–C) groups is 1. The fourth-order valence-electron chi connectivity index (χ4n) is 2.24. The van der Waals surface area contributed by atoms with Crippen LogP contribution in [-0.2, 0) is 13.5 Å². The molecule has 2 N–H and O–H groups in total. The van der Waals surface area contributed by atoms with Crippen LogP contribution in [-0.4, -0.2) is 41.1 Å². The van der Waals surface area contributed by atoms with E-state index in [1.54, 1.807) is 11.8 Å². The fraction of sp³-hybridized carbons (Fsp3) is 0.444. The molecule has 0 radical (unpaired) electrons. The van der Waals surface area contributed by atoms with Crippen molar-refractivity contribution in [3.05, 3.63) is 48.0 Å². The van der Waals surface area contributed by atoms with Gasteiger partial charge in [0.25, 0.3) is 0 Å². The van der Waals surface area contributed by atoms with E-state index in [0.29, 0.717) is 0 Å². The summed E-state index contributed by atoms with van der Waals surface area (Å²) in [4.78, 5) is 5.69. The van der Waals surface area contributed by atoms with E-state index in [0.717, 1.165) is 49.1 Å². The van der Waals surface area contributed by atoms with Crippen molar-refractivity contribution in [3.8, 4) is 0 Å². The van der Waals surface area contributed by atoms with Crippen molar-refractivity contribution in [2.24, 2.45) is 12.0 Å². The quantitative estimate of drug-likeness (QED) is 0.311. The summed E-state index contributed by atoms with van der Waals surface area (Å²) in [6.07, 6.45) is 5.80. The van der Waals surface area contributed by atoms with Crippen LogP contribution in [0.4, 0.5) is 4.39 Å². The number of thioether (sulfide) groups is 1. The van der Waals surface area contributed by atoms with Crippen LogP contribution in [0.2, 0.25) is 0 Å². The van der Waals surface area contributed by atoms with Crippen LogP contribution in [0.15, 0.2) is 46.5 Å². The van der Waals surface area contributed by atoms with Crippen LogP contribution in [0, 0.1) is 5.82 Å². The molecule has 0 aliphatic carbocycles. The molecule has 0 aliphatic heterocycles. The minimum absolute atomic E-state index is 0.193. The maximum absolute atomic E-state index is 12.9. The average Bonchev–Trinajstić information content (AvgIpc) is 3.01. The van der Waals surface area contributed by atoms with Crippen molar-refractivity contribution >= 4 is 17.7 Å². The number of aryl methyl sites for hydroxylation is 1. The predicted octanol–water partition coefficient (Wildman–Crippen LogP) is 2.84. The third kappa shape index (κ3) is 7.60. The Bertz CT molecular complexity index is 654. The maximum Gasteiger partial charge on any atom is 0.191 e. The molecular weight excluding hydrogens is 337 g/mol. The first-order valence-corrected chi connectivity index (χ1v) is 9.54. The largest absolute Gasteiger partial charge is 0.357 e. The third-order valence-corrected chi connectivity index (χ3v) is 4.56. The Morgan fingerprint density at radius 1 is 1.28 bits per heavy atom. The van der Waals surface area contributed by atoms with Gasteiger partial charge in [0.15, 0.2) is 5.96 Å². The van der Waals surface area contributed by atoms with Crippen LogP contribution in [0.1, 0.15) is 18.9 Å². The second-order valence-corrected chi connectivity index (χ2v) is 6.78. The number of nitrogens with one attached hydrogen (secondary N) is 2. The SMILES string of the molecule is CCNC(=NCCCSc1ccc(F)cc1)NCCc1cnn(C)c1. The van der Waals surface area contributed by atoms with Crippen molar-refractivity contribution < 1.29 is 4.39 Å². The van der Waals surface area contributed by atoms with Gasteiger partial charge in [-0.1, -0.05) is 0 Å². The Kier molecular flexibility index (Phi) is 8.31. The molecule has 0 saturated heterocycles. The topological polar surface area (TPSA) is 54.2 Å². The number of rotatable bonds is 9. The first-order valence-electron chi connectivity index (χ1n) is 8.55. The molecule has 1 aromatic heterocycles. The molecule has 0 spiro atoms. The lowest BCUT2D eigenvalue weighted by atomic mass is 10.2. The number of hydrogen-bond donors (Lipinski definition) is 2. The Labute approximate surface area is 153 Å². The molecule has 2 aromatic rings. The molecule has 136 valence electrons. The Morgan fingerprint density at radius 3 is 2.76 bits per heavy atom. The fourth-order valence-corrected chi connectivity index (χ4v) is 3.08. The summed E-state index contributed by atoms with van der Waals surface area (Å²) >= 11 is 1.73. The highest BCUT2D eigenvalue weighted by Gasteiger charge is 2.00. The molecule has 1 heterocycles. The Balaban J connectivity index is 1.66. The summed E-state index contributed by atoms with van der Waals surface area (Å²) in [5.41, 5.74) is 1.21. The lowest BCUT2D eigenvalue weighted by molar-refractivity contribution is 0.626. The van der Waals surface area contributed by atoms with Crippen molar-refractivity contribution in [1.82, 2.24) is 20.4 Å². The number of hydrogen-bond acceptors (Lipinski definition) is 3. The van der Waals surface area contributed by atoms with E-state index in [1.807, 2.05) is 36.3 Å². The van der Waals surface area contributed by atoms with Gasteiger partial charge < -0.3 is 10.6 Å². The Morgan fingerprint density at radius 2 is 2.08 bits per heavy atom. The van der Waals surface area contributed by atoms with Crippen LogP contribution in [0.3, 0.4) is 0 Å². The van der Waals surface area contributed by atoms with Crippen molar-refractivity contribution in [2.75, 3.05) is 25.4 Å². The first kappa shape index (κ1) is 19.3. The molecule has 5 nitrogen and oxygen atoms in total. The summed E-state index contributed by atoms with van der Waals surface area (Å²) in [5.74, 6) is 1.62. The molecule has 0 atom stereocenters.